The van der Waals surface area contributed by atoms with Gasteiger partial charge in [-0.25, -0.2) is 9.50 Å². The van der Waals surface area contributed by atoms with Gasteiger partial charge in [-0.3, -0.25) is 39.1 Å². The van der Waals surface area contributed by atoms with E-state index in [0.717, 1.165) is 74.7 Å². The number of alkyl halides is 3. The second-order valence-corrected chi connectivity index (χ2v) is 17.1. The molecule has 16 heteroatoms. The molecule has 0 bridgehead atoms. The number of nitrogens with one attached hydrogen (secondary N) is 2. The van der Waals surface area contributed by atoms with Gasteiger partial charge in [-0.2, -0.15) is 18.3 Å². The van der Waals surface area contributed by atoms with Crippen molar-refractivity contribution in [3.8, 4) is 11.8 Å². The number of amides is 4. The first-order valence-electron chi connectivity index (χ1n) is 22.5. The lowest BCUT2D eigenvalue weighted by molar-refractivity contribution is -0.139. The molecule has 3 aliphatic heterocycles. The summed E-state index contributed by atoms with van der Waals surface area (Å²) in [4.78, 5) is 73.5. The van der Waals surface area contributed by atoms with Gasteiger partial charge in [-0.15, -0.1) is 0 Å². The topological polar surface area (TPSA) is 149 Å². The van der Waals surface area contributed by atoms with E-state index in [4.69, 9.17) is 0 Å². The van der Waals surface area contributed by atoms with Gasteiger partial charge in [-0.05, 0) is 91.7 Å². The van der Waals surface area contributed by atoms with Crippen LogP contribution in [0.25, 0.3) is 5.65 Å². The molecule has 0 radical (unpaired) electrons. The minimum absolute atomic E-state index is 0.0658. The molecule has 2 aromatic heterocycles. The van der Waals surface area contributed by atoms with Crippen molar-refractivity contribution >= 4 is 40.7 Å². The van der Waals surface area contributed by atoms with E-state index < -0.39 is 41.4 Å². The number of rotatable bonds is 16. The van der Waals surface area contributed by atoms with E-state index in [0.29, 0.717) is 53.4 Å². The van der Waals surface area contributed by atoms with E-state index in [2.05, 4.69) is 42.4 Å². The minimum atomic E-state index is -4.57. The number of hydrogen-bond donors (Lipinski definition) is 2. The summed E-state index contributed by atoms with van der Waals surface area (Å²) in [5, 5.41) is 9.79. The van der Waals surface area contributed by atoms with Crippen LogP contribution in [-0.2, 0) is 28.7 Å². The fourth-order valence-corrected chi connectivity index (χ4v) is 8.86. The summed E-state index contributed by atoms with van der Waals surface area (Å²) < 4.78 is 44.9. The molecule has 2 N–H and O–H groups in total. The maximum Gasteiger partial charge on any atom is 0.416 e. The molecule has 0 aliphatic carbocycles. The highest BCUT2D eigenvalue weighted by Crippen LogP contribution is 2.35. The zero-order valence-corrected chi connectivity index (χ0v) is 36.8. The highest BCUT2D eigenvalue weighted by Gasteiger charge is 2.45. The molecule has 5 heterocycles. The number of Topliss-reactive ketones (excluding diaryl/α,β-unsaturated/α-hetero) is 1. The summed E-state index contributed by atoms with van der Waals surface area (Å²) in [6.07, 6.45) is 4.76. The summed E-state index contributed by atoms with van der Waals surface area (Å²) in [5.41, 5.74) is 3.97. The maximum atomic E-state index is 14.4. The number of imidazole rings is 1. The highest BCUT2D eigenvalue weighted by atomic mass is 19.4. The predicted octanol–water partition coefficient (Wildman–Crippen LogP) is 6.85. The molecule has 8 rings (SSSR count). The van der Waals surface area contributed by atoms with Crippen LogP contribution >= 0.6 is 0 Å². The number of nitrogens with zero attached hydrogens (tertiary/aromatic N) is 6. The third kappa shape index (κ3) is 10.5. The quantitative estimate of drug-likeness (QED) is 0.0466. The second-order valence-electron chi connectivity index (χ2n) is 17.1. The van der Waals surface area contributed by atoms with Gasteiger partial charge in [0.25, 0.3) is 11.8 Å². The number of hydrogen-bond acceptors (Lipinski definition) is 10. The van der Waals surface area contributed by atoms with E-state index >= 15 is 0 Å². The maximum absolute atomic E-state index is 14.4. The Morgan fingerprint density at radius 3 is 2.42 bits per heavy atom. The SMILES string of the molecule is Cc1ccc(C(=O)Cc2ccc(CN3CCN(CCCCCCCCNc4cccc5c4C(=O)N(C4CCC(=O)NC4=O)C5=O)CC3)c(C(F)(F)F)c2)cc1C#Cc1cnc2cccnn12. The van der Waals surface area contributed by atoms with Gasteiger partial charge >= 0.3 is 6.18 Å². The molecule has 4 amide bonds. The van der Waals surface area contributed by atoms with Crippen LogP contribution in [-0.4, -0.2) is 104 Å². The largest absolute Gasteiger partial charge is 0.416 e. The zero-order chi connectivity index (χ0) is 46.4. The number of aromatic nitrogens is 3. The van der Waals surface area contributed by atoms with Gasteiger partial charge in [0.05, 0.1) is 22.9 Å². The first-order chi connectivity index (χ1) is 31.8. The minimum Gasteiger partial charge on any atom is -0.384 e. The second kappa shape index (κ2) is 20.2. The standard InChI is InChI=1S/C50H51F3N8O5/c1-33-13-15-36(30-35(33)17-18-38-31-55-44-12-9-22-56-61(38)44)43(62)29-34-14-16-37(40(28-34)50(51,52)53)32-59-26-24-58(25-27-59)23-7-5-3-2-4-6-21-54-41-11-8-10-39-46(41)49(66)60(48(39)65)42-19-20-45(63)57-47(42)64/h8-16,22,28,30-31,42,54H,2-7,19-21,23-27,29,32H2,1H3,(H,57,63,64). The molecule has 0 spiro atoms. The number of aryl methyl sites for hydroxylation is 1. The zero-order valence-electron chi connectivity index (χ0n) is 36.8. The van der Waals surface area contributed by atoms with Gasteiger partial charge in [0.1, 0.15) is 11.7 Å². The van der Waals surface area contributed by atoms with Crippen LogP contribution in [0.4, 0.5) is 18.9 Å². The molecular weight excluding hydrogens is 850 g/mol. The number of unbranched alkanes of at least 4 members (excludes halogenated alkanes) is 5. The predicted molar refractivity (Wildman–Crippen MR) is 241 cm³/mol. The molecule has 2 fully saturated rings. The van der Waals surface area contributed by atoms with Gasteiger partial charge in [0.15, 0.2) is 11.4 Å². The summed E-state index contributed by atoms with van der Waals surface area (Å²) >= 11 is 0. The molecule has 0 saturated carbocycles. The van der Waals surface area contributed by atoms with E-state index in [-0.39, 0.29) is 48.3 Å². The fourth-order valence-electron chi connectivity index (χ4n) is 8.86. The average Bonchev–Trinajstić information content (AvgIpc) is 3.83. The lowest BCUT2D eigenvalue weighted by Crippen LogP contribution is -2.54. The summed E-state index contributed by atoms with van der Waals surface area (Å²) in [6.45, 7) is 6.49. The number of piperidine rings is 1. The van der Waals surface area contributed by atoms with Gasteiger partial charge in [-0.1, -0.05) is 61.9 Å². The van der Waals surface area contributed by atoms with Crippen molar-refractivity contribution in [3.05, 3.63) is 129 Å². The van der Waals surface area contributed by atoms with E-state index in [9.17, 15) is 37.1 Å². The Labute approximate surface area is 380 Å². The molecule has 5 aromatic rings. The van der Waals surface area contributed by atoms with E-state index in [1.165, 1.54) is 6.07 Å². The van der Waals surface area contributed by atoms with E-state index in [1.54, 1.807) is 65.4 Å². The molecule has 3 aliphatic rings. The lowest BCUT2D eigenvalue weighted by Gasteiger charge is -2.35. The average molecular weight is 901 g/mol. The summed E-state index contributed by atoms with van der Waals surface area (Å²) in [7, 11) is 0. The van der Waals surface area contributed by atoms with Crippen molar-refractivity contribution in [2.45, 2.75) is 83.5 Å². The van der Waals surface area contributed by atoms with Crippen LogP contribution < -0.4 is 10.6 Å². The molecule has 13 nitrogen and oxygen atoms in total. The Hall–Kier alpha value is -6.70. The normalized spacial score (nSPS) is 16.9. The van der Waals surface area contributed by atoms with E-state index in [1.807, 2.05) is 13.0 Å². The third-order valence-electron chi connectivity index (χ3n) is 12.6. The van der Waals surface area contributed by atoms with Gasteiger partial charge < -0.3 is 10.2 Å². The first-order valence-corrected chi connectivity index (χ1v) is 22.5. The monoisotopic (exact) mass is 900 g/mol. The van der Waals surface area contributed by atoms with Crippen LogP contribution in [0.3, 0.4) is 0 Å². The Bertz CT molecular complexity index is 2730. The lowest BCUT2D eigenvalue weighted by atomic mass is 9.96. The Kier molecular flexibility index (Phi) is 14.0. The molecule has 2 saturated heterocycles. The van der Waals surface area contributed by atoms with Gasteiger partial charge in [0, 0.05) is 75.1 Å². The van der Waals surface area contributed by atoms with Crippen molar-refractivity contribution < 1.29 is 37.1 Å². The van der Waals surface area contributed by atoms with Crippen LogP contribution in [0.5, 0.6) is 0 Å². The number of carbonyl (C=O) groups excluding carboxylic acids is 5. The number of anilines is 1. The van der Waals surface area contributed by atoms with Crippen molar-refractivity contribution in [2.75, 3.05) is 44.6 Å². The molecule has 1 unspecified atom stereocenters. The Morgan fingerprint density at radius 2 is 1.64 bits per heavy atom. The summed E-state index contributed by atoms with van der Waals surface area (Å²) in [6, 6.07) is 17.0. The van der Waals surface area contributed by atoms with Crippen LogP contribution in [0.2, 0.25) is 0 Å². The molecule has 3 aromatic carbocycles. The fraction of sp³-hybridized carbons (Fsp3) is 0.380. The van der Waals surface area contributed by atoms with Crippen LogP contribution in [0.1, 0.15) is 116 Å². The van der Waals surface area contributed by atoms with Gasteiger partial charge in [0.2, 0.25) is 11.8 Å². The Morgan fingerprint density at radius 1 is 0.864 bits per heavy atom. The number of carbonyl (C=O) groups is 5. The van der Waals surface area contributed by atoms with Crippen molar-refractivity contribution in [1.82, 2.24) is 34.6 Å². The smallest absolute Gasteiger partial charge is 0.384 e. The van der Waals surface area contributed by atoms with Crippen molar-refractivity contribution in [3.63, 3.8) is 0 Å². The van der Waals surface area contributed by atoms with Crippen molar-refractivity contribution in [2.24, 2.45) is 0 Å². The number of imide groups is 2. The number of piperazine rings is 1. The molecule has 1 atom stereocenters. The highest BCUT2D eigenvalue weighted by molar-refractivity contribution is 6.25. The number of halogens is 3. The van der Waals surface area contributed by atoms with Crippen molar-refractivity contribution in [1.29, 1.82) is 0 Å². The summed E-state index contributed by atoms with van der Waals surface area (Å²) in [5.74, 6) is 3.76. The molecule has 66 heavy (non-hydrogen) atoms. The van der Waals surface area contributed by atoms with Crippen LogP contribution in [0.15, 0.2) is 79.1 Å². The molecular formula is C50H51F3N8O5. The van der Waals surface area contributed by atoms with Crippen LogP contribution in [0, 0.1) is 18.8 Å². The third-order valence-corrected chi connectivity index (χ3v) is 12.6. The number of fused-ring (bicyclic) bond motifs is 2. The number of ketones is 1. The first kappa shape index (κ1) is 45.9. The Balaban J connectivity index is 0.743. The number of benzene rings is 3. The molecule has 342 valence electrons.